The van der Waals surface area contributed by atoms with Gasteiger partial charge in [-0.2, -0.15) is 0 Å². The SMILES string of the molecule is FCc1[c]cccn1. The fourth-order valence-corrected chi connectivity index (χ4v) is 0.431. The van der Waals surface area contributed by atoms with Crippen LogP contribution in [0.2, 0.25) is 0 Å². The van der Waals surface area contributed by atoms with E-state index < -0.39 is 6.67 Å². The summed E-state index contributed by atoms with van der Waals surface area (Å²) in [6.07, 6.45) is 1.55. The van der Waals surface area contributed by atoms with Crippen molar-refractivity contribution in [1.29, 1.82) is 0 Å². The molecule has 1 heterocycles. The van der Waals surface area contributed by atoms with Crippen molar-refractivity contribution >= 4 is 0 Å². The number of pyridine rings is 1. The zero-order valence-electron chi connectivity index (χ0n) is 4.26. The highest BCUT2D eigenvalue weighted by Crippen LogP contribution is 1.91. The Hall–Kier alpha value is -0.920. The van der Waals surface area contributed by atoms with Crippen LogP contribution in [-0.2, 0) is 6.67 Å². The van der Waals surface area contributed by atoms with Gasteiger partial charge in [0.15, 0.2) is 0 Å². The molecule has 0 saturated carbocycles. The summed E-state index contributed by atoms with van der Waals surface area (Å²) >= 11 is 0. The largest absolute Gasteiger partial charge is 0.258 e. The summed E-state index contributed by atoms with van der Waals surface area (Å²) in [5.74, 6) is 0. The maximum Gasteiger partial charge on any atom is 0.132 e. The quantitative estimate of drug-likeness (QED) is 0.531. The first kappa shape index (κ1) is 5.22. The van der Waals surface area contributed by atoms with Gasteiger partial charge in [0, 0.05) is 12.3 Å². The second-order valence-electron chi connectivity index (χ2n) is 1.36. The third-order valence-corrected chi connectivity index (χ3v) is 0.789. The normalized spacial score (nSPS) is 9.12. The first-order valence-electron chi connectivity index (χ1n) is 2.31. The van der Waals surface area contributed by atoms with Crippen molar-refractivity contribution in [2.24, 2.45) is 0 Å². The summed E-state index contributed by atoms with van der Waals surface area (Å²) in [5.41, 5.74) is 0.368. The molecule has 0 spiro atoms. The Morgan fingerprint density at radius 3 is 3.00 bits per heavy atom. The Morgan fingerprint density at radius 2 is 2.62 bits per heavy atom. The Morgan fingerprint density at radius 1 is 1.75 bits per heavy atom. The molecule has 0 aliphatic heterocycles. The molecule has 0 fully saturated rings. The van der Waals surface area contributed by atoms with Gasteiger partial charge in [-0.3, -0.25) is 4.98 Å². The third-order valence-electron chi connectivity index (χ3n) is 0.789. The van der Waals surface area contributed by atoms with Crippen LogP contribution in [0.25, 0.3) is 0 Å². The predicted molar refractivity (Wildman–Crippen MR) is 27.9 cm³/mol. The minimum Gasteiger partial charge on any atom is -0.258 e. The van der Waals surface area contributed by atoms with Gasteiger partial charge in [-0.05, 0) is 6.07 Å². The molecular formula is C6H5FN. The van der Waals surface area contributed by atoms with Crippen LogP contribution in [-0.4, -0.2) is 4.98 Å². The monoisotopic (exact) mass is 110 g/mol. The van der Waals surface area contributed by atoms with Crippen LogP contribution in [0.5, 0.6) is 0 Å². The first-order valence-corrected chi connectivity index (χ1v) is 2.31. The van der Waals surface area contributed by atoms with E-state index in [2.05, 4.69) is 11.1 Å². The van der Waals surface area contributed by atoms with Crippen LogP contribution in [0, 0.1) is 6.07 Å². The highest BCUT2D eigenvalue weighted by Gasteiger charge is 1.85. The molecule has 0 N–H and O–H groups in total. The first-order chi connectivity index (χ1) is 3.93. The van der Waals surface area contributed by atoms with Crippen LogP contribution in [0.3, 0.4) is 0 Å². The van der Waals surface area contributed by atoms with Crippen molar-refractivity contribution in [3.05, 3.63) is 30.1 Å². The standard InChI is InChI=1S/C6H5FN/c7-5-6-3-1-2-4-8-6/h1-2,4H,5H2. The zero-order valence-corrected chi connectivity index (χ0v) is 4.26. The Balaban J connectivity index is 2.83. The molecule has 0 aliphatic rings. The molecule has 1 rings (SSSR count). The minimum atomic E-state index is -0.527. The molecule has 0 atom stereocenters. The Kier molecular flexibility index (Phi) is 1.57. The average Bonchev–Trinajstić information content (AvgIpc) is 1.90. The average molecular weight is 110 g/mol. The smallest absolute Gasteiger partial charge is 0.132 e. The van der Waals surface area contributed by atoms with Gasteiger partial charge in [-0.15, -0.1) is 0 Å². The lowest BCUT2D eigenvalue weighted by molar-refractivity contribution is 0.475. The zero-order chi connectivity index (χ0) is 5.82. The molecule has 8 heavy (non-hydrogen) atoms. The highest BCUT2D eigenvalue weighted by atomic mass is 19.1. The van der Waals surface area contributed by atoms with E-state index in [0.717, 1.165) is 0 Å². The highest BCUT2D eigenvalue weighted by molar-refractivity contribution is 4.99. The number of hydrogen-bond acceptors (Lipinski definition) is 1. The molecule has 1 nitrogen and oxygen atoms in total. The molecule has 41 valence electrons. The predicted octanol–water partition coefficient (Wildman–Crippen LogP) is 1.35. The van der Waals surface area contributed by atoms with Crippen molar-refractivity contribution in [3.8, 4) is 0 Å². The molecule has 0 aromatic carbocycles. The van der Waals surface area contributed by atoms with E-state index in [1.54, 1.807) is 18.3 Å². The molecular weight excluding hydrogens is 105 g/mol. The van der Waals surface area contributed by atoms with E-state index in [1.165, 1.54) is 0 Å². The van der Waals surface area contributed by atoms with Gasteiger partial charge in [0.1, 0.15) is 6.67 Å². The third kappa shape index (κ3) is 1.03. The van der Waals surface area contributed by atoms with E-state index in [0.29, 0.717) is 5.69 Å². The minimum absolute atomic E-state index is 0.368. The topological polar surface area (TPSA) is 12.9 Å². The van der Waals surface area contributed by atoms with E-state index in [1.807, 2.05) is 0 Å². The second kappa shape index (κ2) is 2.40. The van der Waals surface area contributed by atoms with Gasteiger partial charge in [0.25, 0.3) is 0 Å². The molecule has 0 amide bonds. The van der Waals surface area contributed by atoms with Crippen LogP contribution in [0.1, 0.15) is 5.69 Å². The van der Waals surface area contributed by atoms with Crippen molar-refractivity contribution in [1.82, 2.24) is 4.98 Å². The number of aromatic nitrogens is 1. The number of alkyl halides is 1. The Bertz CT molecular complexity index is 150. The van der Waals surface area contributed by atoms with Gasteiger partial charge >= 0.3 is 0 Å². The second-order valence-corrected chi connectivity index (χ2v) is 1.36. The summed E-state index contributed by atoms with van der Waals surface area (Å²) in [4.78, 5) is 3.67. The van der Waals surface area contributed by atoms with Crippen LogP contribution < -0.4 is 0 Å². The number of halogens is 1. The lowest BCUT2D eigenvalue weighted by Crippen LogP contribution is -1.80. The molecule has 0 unspecified atom stereocenters. The summed E-state index contributed by atoms with van der Waals surface area (Å²) in [6, 6.07) is 5.98. The molecule has 1 radical (unpaired) electrons. The van der Waals surface area contributed by atoms with E-state index in [-0.39, 0.29) is 0 Å². The summed E-state index contributed by atoms with van der Waals surface area (Å²) in [5, 5.41) is 0. The van der Waals surface area contributed by atoms with Crippen LogP contribution in [0.15, 0.2) is 18.3 Å². The van der Waals surface area contributed by atoms with Gasteiger partial charge in [-0.1, -0.05) is 6.07 Å². The van der Waals surface area contributed by atoms with Crippen molar-refractivity contribution in [3.63, 3.8) is 0 Å². The fraction of sp³-hybridized carbons (Fsp3) is 0.167. The number of nitrogens with zero attached hydrogens (tertiary/aromatic N) is 1. The Labute approximate surface area is 47.2 Å². The van der Waals surface area contributed by atoms with Crippen molar-refractivity contribution in [2.75, 3.05) is 0 Å². The molecule has 1 aromatic rings. The molecule has 0 bridgehead atoms. The molecule has 0 saturated heterocycles. The van der Waals surface area contributed by atoms with Gasteiger partial charge in [0.2, 0.25) is 0 Å². The summed E-state index contributed by atoms with van der Waals surface area (Å²) in [7, 11) is 0. The molecule has 0 aliphatic carbocycles. The van der Waals surface area contributed by atoms with Crippen molar-refractivity contribution in [2.45, 2.75) is 6.67 Å². The fourth-order valence-electron chi connectivity index (χ4n) is 0.431. The number of hydrogen-bond donors (Lipinski definition) is 0. The maximum absolute atomic E-state index is 11.6. The molecule has 1 aromatic heterocycles. The molecule has 2 heteroatoms. The van der Waals surface area contributed by atoms with Gasteiger partial charge < -0.3 is 0 Å². The van der Waals surface area contributed by atoms with E-state index in [4.69, 9.17) is 0 Å². The van der Waals surface area contributed by atoms with Crippen LogP contribution >= 0.6 is 0 Å². The number of rotatable bonds is 1. The maximum atomic E-state index is 11.6. The lowest BCUT2D eigenvalue weighted by atomic mass is 10.4. The lowest BCUT2D eigenvalue weighted by Gasteiger charge is -1.85. The van der Waals surface area contributed by atoms with Gasteiger partial charge in [0.05, 0.1) is 5.69 Å². The van der Waals surface area contributed by atoms with Crippen LogP contribution in [0.4, 0.5) is 4.39 Å². The van der Waals surface area contributed by atoms with Gasteiger partial charge in [-0.25, -0.2) is 4.39 Å². The van der Waals surface area contributed by atoms with E-state index >= 15 is 0 Å². The van der Waals surface area contributed by atoms with Crippen molar-refractivity contribution < 1.29 is 4.39 Å². The summed E-state index contributed by atoms with van der Waals surface area (Å²) in [6.45, 7) is -0.527. The van der Waals surface area contributed by atoms with E-state index in [9.17, 15) is 4.39 Å². The summed E-state index contributed by atoms with van der Waals surface area (Å²) < 4.78 is 11.6.